The number of benzene rings is 2. The van der Waals surface area contributed by atoms with Crippen molar-refractivity contribution in [1.29, 1.82) is 0 Å². The lowest BCUT2D eigenvalue weighted by atomic mass is 10.1. The van der Waals surface area contributed by atoms with E-state index in [1.807, 2.05) is 37.3 Å². The van der Waals surface area contributed by atoms with Crippen LogP contribution in [0.4, 0.5) is 17.2 Å². The molecular formula is C22H19N5O2. The van der Waals surface area contributed by atoms with Crippen molar-refractivity contribution in [2.24, 2.45) is 0 Å². The van der Waals surface area contributed by atoms with Crippen LogP contribution in [0.3, 0.4) is 0 Å². The van der Waals surface area contributed by atoms with E-state index in [0.717, 1.165) is 22.3 Å². The number of aryl methyl sites for hydroxylation is 1. The fourth-order valence-corrected chi connectivity index (χ4v) is 2.89. The number of nitrogens with zero attached hydrogens (tertiary/aromatic N) is 3. The molecule has 29 heavy (non-hydrogen) atoms. The number of carbonyl (C=O) groups is 1. The number of carbonyl (C=O) groups excluding carboxylic acids is 1. The Balaban J connectivity index is 1.63. The zero-order chi connectivity index (χ0) is 20.4. The van der Waals surface area contributed by atoms with E-state index in [0.29, 0.717) is 17.1 Å². The second-order valence-electron chi connectivity index (χ2n) is 6.58. The van der Waals surface area contributed by atoms with Crippen molar-refractivity contribution >= 4 is 33.9 Å². The van der Waals surface area contributed by atoms with Gasteiger partial charge in [-0.2, -0.15) is 4.98 Å². The van der Waals surface area contributed by atoms with Crippen molar-refractivity contribution in [2.45, 2.75) is 13.8 Å². The van der Waals surface area contributed by atoms with Crippen LogP contribution in [-0.4, -0.2) is 20.7 Å². The van der Waals surface area contributed by atoms with Crippen LogP contribution in [0.15, 0.2) is 60.9 Å². The van der Waals surface area contributed by atoms with Crippen molar-refractivity contribution in [3.8, 4) is 11.6 Å². The third-order valence-electron chi connectivity index (χ3n) is 4.43. The van der Waals surface area contributed by atoms with Gasteiger partial charge in [-0.1, -0.05) is 18.2 Å². The van der Waals surface area contributed by atoms with Crippen molar-refractivity contribution in [3.05, 3.63) is 72.2 Å². The minimum atomic E-state index is 0.00715. The molecule has 0 unspecified atom stereocenters. The zero-order valence-electron chi connectivity index (χ0n) is 16.0. The van der Waals surface area contributed by atoms with Crippen LogP contribution >= 0.6 is 0 Å². The summed E-state index contributed by atoms with van der Waals surface area (Å²) in [7, 11) is 0. The molecule has 0 radical (unpaired) electrons. The maximum Gasteiger partial charge on any atom is 0.248 e. The molecule has 0 amide bonds. The summed E-state index contributed by atoms with van der Waals surface area (Å²) in [5.41, 5.74) is 9.52. The monoisotopic (exact) mass is 385 g/mol. The lowest BCUT2D eigenvalue weighted by Crippen LogP contribution is -2.03. The summed E-state index contributed by atoms with van der Waals surface area (Å²) in [4.78, 5) is 24.4. The number of anilines is 3. The summed E-state index contributed by atoms with van der Waals surface area (Å²) in [6.45, 7) is 3.45. The SMILES string of the molecule is CC(=O)c1ccc(Nc2ncnc(Oc3cccc4ccc(C)nc34)c2N)cc1. The second kappa shape index (κ2) is 7.55. The lowest BCUT2D eigenvalue weighted by molar-refractivity contribution is 0.101. The molecule has 0 spiro atoms. The highest BCUT2D eigenvalue weighted by molar-refractivity contribution is 5.94. The Morgan fingerprint density at radius 1 is 1.03 bits per heavy atom. The molecule has 0 aliphatic heterocycles. The Morgan fingerprint density at radius 2 is 1.83 bits per heavy atom. The predicted octanol–water partition coefficient (Wildman–Crippen LogP) is 4.65. The van der Waals surface area contributed by atoms with Gasteiger partial charge in [0, 0.05) is 22.3 Å². The van der Waals surface area contributed by atoms with E-state index >= 15 is 0 Å². The molecule has 0 saturated heterocycles. The number of hydrogen-bond acceptors (Lipinski definition) is 7. The van der Waals surface area contributed by atoms with Gasteiger partial charge in [0.2, 0.25) is 5.88 Å². The normalized spacial score (nSPS) is 10.7. The molecule has 0 bridgehead atoms. The molecule has 144 valence electrons. The van der Waals surface area contributed by atoms with E-state index in [1.165, 1.54) is 13.3 Å². The number of Topliss-reactive ketones (excluding diaryl/α,β-unsaturated/α-hetero) is 1. The van der Waals surface area contributed by atoms with Crippen molar-refractivity contribution in [1.82, 2.24) is 15.0 Å². The number of ether oxygens (including phenoxy) is 1. The van der Waals surface area contributed by atoms with Gasteiger partial charge >= 0.3 is 0 Å². The van der Waals surface area contributed by atoms with Gasteiger partial charge in [-0.3, -0.25) is 4.79 Å². The lowest BCUT2D eigenvalue weighted by Gasteiger charge is -2.13. The maximum absolute atomic E-state index is 11.4. The average Bonchev–Trinajstić information content (AvgIpc) is 2.72. The molecular weight excluding hydrogens is 366 g/mol. The summed E-state index contributed by atoms with van der Waals surface area (Å²) < 4.78 is 5.98. The molecule has 0 atom stereocenters. The van der Waals surface area contributed by atoms with Gasteiger partial charge in [0.15, 0.2) is 17.4 Å². The van der Waals surface area contributed by atoms with E-state index in [9.17, 15) is 4.79 Å². The quantitative estimate of drug-likeness (QED) is 0.482. The highest BCUT2D eigenvalue weighted by Crippen LogP contribution is 2.33. The smallest absolute Gasteiger partial charge is 0.248 e. The molecule has 2 aromatic carbocycles. The third kappa shape index (κ3) is 3.84. The number of pyridine rings is 1. The van der Waals surface area contributed by atoms with E-state index in [-0.39, 0.29) is 17.4 Å². The molecule has 4 aromatic rings. The molecule has 0 aliphatic carbocycles. The molecule has 2 aromatic heterocycles. The van der Waals surface area contributed by atoms with Crippen LogP contribution in [0, 0.1) is 6.92 Å². The Labute approximate surface area is 167 Å². The van der Waals surface area contributed by atoms with Crippen LogP contribution in [0.5, 0.6) is 11.6 Å². The molecule has 3 N–H and O–H groups in total. The minimum absolute atomic E-state index is 0.00715. The fourth-order valence-electron chi connectivity index (χ4n) is 2.89. The molecule has 7 heteroatoms. The second-order valence-corrected chi connectivity index (χ2v) is 6.58. The van der Waals surface area contributed by atoms with Gasteiger partial charge in [0.1, 0.15) is 17.5 Å². The molecule has 2 heterocycles. The van der Waals surface area contributed by atoms with E-state index in [2.05, 4.69) is 20.3 Å². The molecule has 4 rings (SSSR count). The first-order valence-electron chi connectivity index (χ1n) is 9.04. The number of nitrogen functional groups attached to an aromatic ring is 1. The van der Waals surface area contributed by atoms with Crippen LogP contribution in [0.25, 0.3) is 10.9 Å². The summed E-state index contributed by atoms with van der Waals surface area (Å²) >= 11 is 0. The average molecular weight is 385 g/mol. The van der Waals surface area contributed by atoms with Crippen molar-refractivity contribution in [3.63, 3.8) is 0 Å². The van der Waals surface area contributed by atoms with Crippen LogP contribution in [0.1, 0.15) is 23.0 Å². The van der Waals surface area contributed by atoms with Gasteiger partial charge in [0.05, 0.1) is 0 Å². The molecule has 0 aliphatic rings. The van der Waals surface area contributed by atoms with Gasteiger partial charge in [0.25, 0.3) is 0 Å². The number of fused-ring (bicyclic) bond motifs is 1. The molecule has 0 fully saturated rings. The first kappa shape index (κ1) is 18.4. The highest BCUT2D eigenvalue weighted by Gasteiger charge is 2.13. The van der Waals surface area contributed by atoms with Crippen LogP contribution in [-0.2, 0) is 0 Å². The first-order chi connectivity index (χ1) is 14.0. The first-order valence-corrected chi connectivity index (χ1v) is 9.04. The fraction of sp³-hybridized carbons (Fsp3) is 0.0909. The number of rotatable bonds is 5. The Morgan fingerprint density at radius 3 is 2.59 bits per heavy atom. The summed E-state index contributed by atoms with van der Waals surface area (Å²) in [6.07, 6.45) is 1.38. The van der Waals surface area contributed by atoms with E-state index in [4.69, 9.17) is 10.5 Å². The minimum Gasteiger partial charge on any atom is -0.435 e. The number of aromatic nitrogens is 3. The van der Waals surface area contributed by atoms with E-state index < -0.39 is 0 Å². The third-order valence-corrected chi connectivity index (χ3v) is 4.43. The standard InChI is InChI=1S/C22H19N5O2/c1-13-6-7-16-4-3-5-18(20(16)26-13)29-22-19(23)21(24-12-25-22)27-17-10-8-15(9-11-17)14(2)28/h3-12H,23H2,1-2H3,(H,24,25,27). The topological polar surface area (TPSA) is 103 Å². The Kier molecular flexibility index (Phi) is 4.78. The van der Waals surface area contributed by atoms with Gasteiger partial charge in [-0.25, -0.2) is 9.97 Å². The Bertz CT molecular complexity index is 1210. The van der Waals surface area contributed by atoms with Gasteiger partial charge < -0.3 is 15.8 Å². The van der Waals surface area contributed by atoms with E-state index in [1.54, 1.807) is 24.3 Å². The molecule has 0 saturated carbocycles. The predicted molar refractivity (Wildman–Crippen MR) is 113 cm³/mol. The van der Waals surface area contributed by atoms with Gasteiger partial charge in [-0.05, 0) is 50.2 Å². The van der Waals surface area contributed by atoms with Gasteiger partial charge in [-0.15, -0.1) is 0 Å². The summed E-state index contributed by atoms with van der Waals surface area (Å²) in [6, 6.07) is 16.7. The zero-order valence-corrected chi connectivity index (χ0v) is 16.0. The Hall–Kier alpha value is -4.00. The number of ketones is 1. The summed E-state index contributed by atoms with van der Waals surface area (Å²) in [5, 5.41) is 4.09. The number of para-hydroxylation sites is 1. The number of nitrogens with one attached hydrogen (secondary N) is 1. The van der Waals surface area contributed by atoms with Crippen molar-refractivity contribution < 1.29 is 9.53 Å². The van der Waals surface area contributed by atoms with Crippen LogP contribution in [0.2, 0.25) is 0 Å². The largest absolute Gasteiger partial charge is 0.435 e. The maximum atomic E-state index is 11.4. The number of hydrogen-bond donors (Lipinski definition) is 2. The highest BCUT2D eigenvalue weighted by atomic mass is 16.5. The number of nitrogens with two attached hydrogens (primary N) is 1. The molecule has 7 nitrogen and oxygen atoms in total. The summed E-state index contributed by atoms with van der Waals surface area (Å²) in [5.74, 6) is 1.22. The van der Waals surface area contributed by atoms with Crippen molar-refractivity contribution in [2.75, 3.05) is 11.1 Å². The van der Waals surface area contributed by atoms with Crippen LogP contribution < -0.4 is 15.8 Å².